The Morgan fingerprint density at radius 2 is 1.57 bits per heavy atom. The minimum Gasteiger partial charge on any atom is -0.489 e. The van der Waals surface area contributed by atoms with Gasteiger partial charge in [0.2, 0.25) is 0 Å². The first-order valence-electron chi connectivity index (χ1n) is 9.82. The average molecular weight is 373 g/mol. The lowest BCUT2D eigenvalue weighted by Gasteiger charge is -2.13. The smallest absolute Gasteiger partial charge is 0.130 e. The van der Waals surface area contributed by atoms with Gasteiger partial charge in [-0.25, -0.2) is 0 Å². The van der Waals surface area contributed by atoms with Crippen molar-refractivity contribution in [1.82, 2.24) is 0 Å². The van der Waals surface area contributed by atoms with Gasteiger partial charge in [0.15, 0.2) is 0 Å². The van der Waals surface area contributed by atoms with Gasteiger partial charge >= 0.3 is 0 Å². The van der Waals surface area contributed by atoms with Gasteiger partial charge in [-0.1, -0.05) is 55.5 Å². The van der Waals surface area contributed by atoms with Crippen LogP contribution in [0.5, 0.6) is 5.75 Å². The quantitative estimate of drug-likeness (QED) is 0.465. The van der Waals surface area contributed by atoms with Gasteiger partial charge in [0, 0.05) is 6.42 Å². The maximum absolute atomic E-state index is 11.3. The predicted molar refractivity (Wildman–Crippen MR) is 116 cm³/mol. The van der Waals surface area contributed by atoms with Gasteiger partial charge in [-0.3, -0.25) is 0 Å². The van der Waals surface area contributed by atoms with Crippen molar-refractivity contribution < 1.29 is 9.53 Å². The Kier molecular flexibility index (Phi) is 6.30. The summed E-state index contributed by atoms with van der Waals surface area (Å²) in [6.45, 7) is 8.55. The van der Waals surface area contributed by atoms with Crippen molar-refractivity contribution in [3.63, 3.8) is 0 Å². The SMILES string of the molecule is CC(=O)CC(C)c1ccc(OCc2cccc(-c3c(C)cccc3C)c2)cc1. The number of aryl methyl sites for hydroxylation is 2. The van der Waals surface area contributed by atoms with Crippen LogP contribution in [0.15, 0.2) is 66.7 Å². The van der Waals surface area contributed by atoms with E-state index in [2.05, 4.69) is 75.4 Å². The standard InChI is InChI=1S/C26H28O2/c1-18-7-5-8-19(2)26(18)24-10-6-9-22(16-24)17-28-25-13-11-23(12-14-25)20(3)15-21(4)27/h5-14,16,20H,15,17H2,1-4H3. The molecule has 0 amide bonds. The van der Waals surface area contributed by atoms with Crippen molar-refractivity contribution in [3.05, 3.63) is 89.0 Å². The Labute approximate surface area is 168 Å². The van der Waals surface area contributed by atoms with E-state index in [1.807, 2.05) is 12.1 Å². The van der Waals surface area contributed by atoms with Crippen LogP contribution < -0.4 is 4.74 Å². The van der Waals surface area contributed by atoms with E-state index in [0.29, 0.717) is 13.0 Å². The minimum atomic E-state index is 0.219. The van der Waals surface area contributed by atoms with Gasteiger partial charge in [-0.15, -0.1) is 0 Å². The Bertz CT molecular complexity index is 934. The highest BCUT2D eigenvalue weighted by molar-refractivity contribution is 5.76. The lowest BCUT2D eigenvalue weighted by atomic mass is 9.95. The number of rotatable bonds is 7. The van der Waals surface area contributed by atoms with E-state index in [4.69, 9.17) is 4.74 Å². The molecular weight excluding hydrogens is 344 g/mol. The van der Waals surface area contributed by atoms with Crippen molar-refractivity contribution in [2.75, 3.05) is 0 Å². The highest BCUT2D eigenvalue weighted by atomic mass is 16.5. The summed E-state index contributed by atoms with van der Waals surface area (Å²) in [6.07, 6.45) is 0.575. The van der Waals surface area contributed by atoms with Gasteiger partial charge in [-0.2, -0.15) is 0 Å². The Hall–Kier alpha value is -2.87. The summed E-state index contributed by atoms with van der Waals surface area (Å²) in [4.78, 5) is 11.3. The second-order valence-electron chi connectivity index (χ2n) is 7.63. The molecule has 0 saturated heterocycles. The molecule has 0 heterocycles. The number of ether oxygens (including phenoxy) is 1. The van der Waals surface area contributed by atoms with Crippen molar-refractivity contribution in [2.24, 2.45) is 0 Å². The fourth-order valence-electron chi connectivity index (χ4n) is 3.69. The molecule has 144 valence electrons. The van der Waals surface area contributed by atoms with Gasteiger partial charge in [-0.05, 0) is 78.3 Å². The number of carbonyl (C=O) groups excluding carboxylic acids is 1. The first-order valence-corrected chi connectivity index (χ1v) is 9.82. The molecule has 0 saturated carbocycles. The summed E-state index contributed by atoms with van der Waals surface area (Å²) >= 11 is 0. The van der Waals surface area contributed by atoms with Crippen LogP contribution in [0.25, 0.3) is 11.1 Å². The molecule has 3 aromatic rings. The summed E-state index contributed by atoms with van der Waals surface area (Å²) in [5, 5.41) is 0. The molecule has 0 aliphatic heterocycles. The van der Waals surface area contributed by atoms with E-state index in [1.165, 1.54) is 27.8 Å². The highest BCUT2D eigenvalue weighted by Crippen LogP contribution is 2.28. The zero-order valence-corrected chi connectivity index (χ0v) is 17.2. The average Bonchev–Trinajstić information content (AvgIpc) is 2.66. The number of benzene rings is 3. The second kappa shape index (κ2) is 8.88. The third kappa shape index (κ3) is 4.89. The number of hydrogen-bond acceptors (Lipinski definition) is 2. The Morgan fingerprint density at radius 1 is 0.929 bits per heavy atom. The Morgan fingerprint density at radius 3 is 2.21 bits per heavy atom. The molecule has 0 N–H and O–H groups in total. The molecule has 3 rings (SSSR count). The maximum atomic E-state index is 11.3. The Balaban J connectivity index is 1.69. The van der Waals surface area contributed by atoms with Crippen LogP contribution in [0, 0.1) is 13.8 Å². The van der Waals surface area contributed by atoms with Gasteiger partial charge in [0.1, 0.15) is 18.1 Å². The zero-order valence-electron chi connectivity index (χ0n) is 17.2. The van der Waals surface area contributed by atoms with E-state index in [-0.39, 0.29) is 11.7 Å². The number of Topliss-reactive ketones (excluding diaryl/α,β-unsaturated/α-hetero) is 1. The lowest BCUT2D eigenvalue weighted by molar-refractivity contribution is -0.117. The molecule has 28 heavy (non-hydrogen) atoms. The molecule has 2 heteroatoms. The van der Waals surface area contributed by atoms with Crippen LogP contribution in [-0.2, 0) is 11.4 Å². The second-order valence-corrected chi connectivity index (χ2v) is 7.63. The number of ketones is 1. The third-order valence-corrected chi connectivity index (χ3v) is 5.15. The predicted octanol–water partition coefficient (Wildman–Crippen LogP) is 6.63. The van der Waals surface area contributed by atoms with Crippen molar-refractivity contribution in [3.8, 4) is 16.9 Å². The van der Waals surface area contributed by atoms with Gasteiger partial charge < -0.3 is 9.53 Å². The van der Waals surface area contributed by atoms with E-state index in [0.717, 1.165) is 11.3 Å². The number of carbonyl (C=O) groups is 1. The molecule has 0 aliphatic rings. The molecule has 1 atom stereocenters. The minimum absolute atomic E-state index is 0.219. The molecule has 0 spiro atoms. The molecule has 0 fully saturated rings. The van der Waals surface area contributed by atoms with Crippen LogP contribution in [0.4, 0.5) is 0 Å². The van der Waals surface area contributed by atoms with Crippen LogP contribution in [0.1, 0.15) is 48.4 Å². The monoisotopic (exact) mass is 372 g/mol. The summed E-state index contributed by atoms with van der Waals surface area (Å²) in [6, 6.07) is 23.0. The normalized spacial score (nSPS) is 11.9. The van der Waals surface area contributed by atoms with Crippen LogP contribution in [-0.4, -0.2) is 5.78 Å². The molecule has 0 bridgehead atoms. The first-order chi connectivity index (χ1) is 13.4. The molecule has 0 aliphatic carbocycles. The zero-order chi connectivity index (χ0) is 20.1. The van der Waals surface area contributed by atoms with E-state index in [9.17, 15) is 4.79 Å². The fourth-order valence-corrected chi connectivity index (χ4v) is 3.69. The largest absolute Gasteiger partial charge is 0.489 e. The van der Waals surface area contributed by atoms with Crippen molar-refractivity contribution >= 4 is 5.78 Å². The highest BCUT2D eigenvalue weighted by Gasteiger charge is 2.09. The van der Waals surface area contributed by atoms with Crippen molar-refractivity contribution in [1.29, 1.82) is 0 Å². The van der Waals surface area contributed by atoms with Crippen molar-refractivity contribution in [2.45, 2.75) is 46.6 Å². The summed E-state index contributed by atoms with van der Waals surface area (Å²) < 4.78 is 5.99. The van der Waals surface area contributed by atoms with E-state index >= 15 is 0 Å². The molecular formula is C26H28O2. The first kappa shape index (κ1) is 19.9. The molecule has 1 unspecified atom stereocenters. The topological polar surface area (TPSA) is 26.3 Å². The summed E-state index contributed by atoms with van der Waals surface area (Å²) in [5.41, 5.74) is 7.41. The molecule has 2 nitrogen and oxygen atoms in total. The molecule has 0 radical (unpaired) electrons. The molecule has 0 aromatic heterocycles. The third-order valence-electron chi connectivity index (χ3n) is 5.15. The van der Waals surface area contributed by atoms with E-state index in [1.54, 1.807) is 6.92 Å². The van der Waals surface area contributed by atoms with Crippen LogP contribution in [0.3, 0.4) is 0 Å². The molecule has 3 aromatic carbocycles. The van der Waals surface area contributed by atoms with E-state index < -0.39 is 0 Å². The van der Waals surface area contributed by atoms with Gasteiger partial charge in [0.25, 0.3) is 0 Å². The number of hydrogen-bond donors (Lipinski definition) is 0. The van der Waals surface area contributed by atoms with Gasteiger partial charge in [0.05, 0.1) is 0 Å². The maximum Gasteiger partial charge on any atom is 0.130 e. The fraction of sp³-hybridized carbons (Fsp3) is 0.269. The summed E-state index contributed by atoms with van der Waals surface area (Å²) in [5.74, 6) is 1.30. The summed E-state index contributed by atoms with van der Waals surface area (Å²) in [7, 11) is 0. The lowest BCUT2D eigenvalue weighted by Crippen LogP contribution is -2.01. The van der Waals surface area contributed by atoms with Crippen LogP contribution in [0.2, 0.25) is 0 Å². The van der Waals surface area contributed by atoms with Crippen LogP contribution >= 0.6 is 0 Å².